The maximum atomic E-state index is 12.8. The van der Waals surface area contributed by atoms with Gasteiger partial charge < -0.3 is 28.4 Å². The molecule has 0 saturated heterocycles. The van der Waals surface area contributed by atoms with E-state index < -0.39 is 24.5 Å². The minimum atomic E-state index is -0.574. The lowest BCUT2D eigenvalue weighted by molar-refractivity contribution is -0.143. The van der Waals surface area contributed by atoms with Gasteiger partial charge in [0, 0.05) is 23.3 Å². The maximum Gasteiger partial charge on any atom is 0.330 e. The largest absolute Gasteiger partial charge is 0.465 e. The van der Waals surface area contributed by atoms with Gasteiger partial charge in [0.2, 0.25) is 0 Å². The monoisotopic (exact) mass is 498 g/mol. The van der Waals surface area contributed by atoms with E-state index in [4.69, 9.17) is 28.4 Å². The van der Waals surface area contributed by atoms with Crippen LogP contribution in [0.15, 0.2) is 73.8 Å². The van der Waals surface area contributed by atoms with Gasteiger partial charge in [-0.3, -0.25) is 4.79 Å². The Morgan fingerprint density at radius 1 is 0.667 bits per heavy atom. The molecule has 0 N–H and O–H groups in total. The normalized spacial score (nSPS) is 12.1. The molecule has 192 valence electrons. The summed E-state index contributed by atoms with van der Waals surface area (Å²) in [7, 11) is 0. The minimum Gasteiger partial charge on any atom is -0.465 e. The Kier molecular flexibility index (Phi) is 11.9. The number of benzene rings is 2. The molecule has 0 aromatic heterocycles. The molecule has 0 spiro atoms. The van der Waals surface area contributed by atoms with Crippen LogP contribution in [0.1, 0.15) is 29.8 Å². The number of ketones is 1. The average Bonchev–Trinajstić information content (AvgIpc) is 2.89. The van der Waals surface area contributed by atoms with Gasteiger partial charge in [0.25, 0.3) is 0 Å². The third-order valence-electron chi connectivity index (χ3n) is 4.53. The minimum absolute atomic E-state index is 0.0922. The summed E-state index contributed by atoms with van der Waals surface area (Å²) in [4.78, 5) is 34.8. The molecule has 0 aliphatic rings. The highest BCUT2D eigenvalue weighted by molar-refractivity contribution is 6.09. The quantitative estimate of drug-likeness (QED) is 0.112. The van der Waals surface area contributed by atoms with Crippen LogP contribution in [-0.2, 0) is 28.5 Å². The van der Waals surface area contributed by atoms with E-state index in [0.717, 1.165) is 12.2 Å². The first-order chi connectivity index (χ1) is 17.3. The van der Waals surface area contributed by atoms with Crippen LogP contribution in [0, 0.1) is 0 Å². The molecule has 9 nitrogen and oxygen atoms in total. The van der Waals surface area contributed by atoms with Crippen molar-refractivity contribution in [1.82, 2.24) is 0 Å². The van der Waals surface area contributed by atoms with Crippen molar-refractivity contribution < 1.29 is 42.8 Å². The molecule has 0 radical (unpaired) electrons. The second-order valence-corrected chi connectivity index (χ2v) is 7.23. The van der Waals surface area contributed by atoms with E-state index >= 15 is 0 Å². The molecule has 0 bridgehead atoms. The van der Waals surface area contributed by atoms with Crippen molar-refractivity contribution in [2.75, 3.05) is 26.4 Å². The zero-order valence-electron chi connectivity index (χ0n) is 20.3. The lowest BCUT2D eigenvalue weighted by atomic mass is 10.0. The van der Waals surface area contributed by atoms with Crippen LogP contribution in [-0.4, -0.2) is 56.7 Å². The summed E-state index contributed by atoms with van der Waals surface area (Å²) < 4.78 is 31.8. The molecule has 2 atom stereocenters. The Bertz CT molecular complexity index is 931. The molecule has 0 fully saturated rings. The summed E-state index contributed by atoms with van der Waals surface area (Å²) in [5.74, 6) is -0.134. The summed E-state index contributed by atoms with van der Waals surface area (Å²) in [5, 5.41) is 0. The Balaban J connectivity index is 1.79. The van der Waals surface area contributed by atoms with Gasteiger partial charge in [0.05, 0.1) is 13.2 Å². The zero-order chi connectivity index (χ0) is 26.3. The summed E-state index contributed by atoms with van der Waals surface area (Å²) in [6, 6.07) is 13.3. The molecule has 0 amide bonds. The molecule has 0 aliphatic heterocycles. The Labute approximate surface area is 210 Å². The SMILES string of the molecule is C=CC(=O)OCCOC(C)Oc1ccc(C(=O)c2ccc(OC(C)OCCOC(=O)C=C)cc2)cc1. The standard InChI is InChI=1S/C27H30O9/c1-5-25(28)33-17-15-31-19(3)35-23-11-7-21(8-12-23)27(30)22-9-13-24(14-10-22)36-20(4)32-16-18-34-26(29)6-2/h5-14,19-20H,1-2,15-18H2,3-4H3. The first-order valence-electron chi connectivity index (χ1n) is 11.2. The lowest BCUT2D eigenvalue weighted by Crippen LogP contribution is -2.20. The number of ether oxygens (including phenoxy) is 6. The molecule has 2 rings (SSSR count). The third kappa shape index (κ3) is 10.1. The summed E-state index contributed by atoms with van der Waals surface area (Å²) in [5.41, 5.74) is 0.985. The summed E-state index contributed by atoms with van der Waals surface area (Å²) in [6.07, 6.45) is 1.01. The number of carbonyl (C=O) groups is 3. The summed E-state index contributed by atoms with van der Waals surface area (Å²) in [6.45, 7) is 10.6. The highest BCUT2D eigenvalue weighted by Crippen LogP contribution is 2.19. The van der Waals surface area contributed by atoms with Crippen molar-refractivity contribution in [2.45, 2.75) is 26.4 Å². The van der Waals surface area contributed by atoms with Crippen LogP contribution >= 0.6 is 0 Å². The molecular formula is C27H30O9. The fraction of sp³-hybridized carbons (Fsp3) is 0.296. The zero-order valence-corrected chi connectivity index (χ0v) is 20.3. The van der Waals surface area contributed by atoms with E-state index in [0.29, 0.717) is 22.6 Å². The van der Waals surface area contributed by atoms with Crippen LogP contribution in [0.5, 0.6) is 11.5 Å². The van der Waals surface area contributed by atoms with E-state index in [9.17, 15) is 14.4 Å². The Morgan fingerprint density at radius 2 is 1.03 bits per heavy atom. The average molecular weight is 499 g/mol. The van der Waals surface area contributed by atoms with Crippen LogP contribution in [0.3, 0.4) is 0 Å². The highest BCUT2D eigenvalue weighted by atomic mass is 16.7. The van der Waals surface area contributed by atoms with E-state index in [1.165, 1.54) is 0 Å². The van der Waals surface area contributed by atoms with Gasteiger partial charge in [0.15, 0.2) is 18.4 Å². The van der Waals surface area contributed by atoms with Crippen molar-refractivity contribution in [3.05, 3.63) is 85.0 Å². The van der Waals surface area contributed by atoms with Crippen molar-refractivity contribution in [2.24, 2.45) is 0 Å². The number of hydrogen-bond donors (Lipinski definition) is 0. The van der Waals surface area contributed by atoms with Gasteiger partial charge in [-0.2, -0.15) is 0 Å². The predicted octanol–water partition coefficient (Wildman–Crippen LogP) is 3.86. The second kappa shape index (κ2) is 15.1. The number of hydrogen-bond acceptors (Lipinski definition) is 9. The topological polar surface area (TPSA) is 107 Å². The molecule has 0 aliphatic carbocycles. The molecule has 2 aromatic carbocycles. The van der Waals surface area contributed by atoms with Crippen molar-refractivity contribution in [1.29, 1.82) is 0 Å². The first-order valence-corrected chi connectivity index (χ1v) is 11.2. The molecule has 0 saturated carbocycles. The number of carbonyl (C=O) groups excluding carboxylic acids is 3. The van der Waals surface area contributed by atoms with Crippen LogP contribution in [0.25, 0.3) is 0 Å². The van der Waals surface area contributed by atoms with Crippen molar-refractivity contribution >= 4 is 17.7 Å². The second-order valence-electron chi connectivity index (χ2n) is 7.23. The summed E-state index contributed by atoms with van der Waals surface area (Å²) >= 11 is 0. The van der Waals surface area contributed by atoms with Crippen LogP contribution in [0.4, 0.5) is 0 Å². The third-order valence-corrected chi connectivity index (χ3v) is 4.53. The van der Waals surface area contributed by atoms with E-state index in [1.54, 1.807) is 62.4 Å². The molecule has 36 heavy (non-hydrogen) atoms. The van der Waals surface area contributed by atoms with Gasteiger partial charge in [-0.25, -0.2) is 9.59 Å². The fourth-order valence-electron chi connectivity index (χ4n) is 2.82. The van der Waals surface area contributed by atoms with Crippen molar-refractivity contribution in [3.63, 3.8) is 0 Å². The van der Waals surface area contributed by atoms with Gasteiger partial charge >= 0.3 is 11.9 Å². The molecule has 2 unspecified atom stereocenters. The van der Waals surface area contributed by atoms with Crippen LogP contribution in [0.2, 0.25) is 0 Å². The predicted molar refractivity (Wildman–Crippen MR) is 131 cm³/mol. The van der Waals surface area contributed by atoms with E-state index in [2.05, 4.69) is 13.2 Å². The maximum absolute atomic E-state index is 12.8. The fourth-order valence-corrected chi connectivity index (χ4v) is 2.82. The lowest BCUT2D eigenvalue weighted by Gasteiger charge is -2.16. The van der Waals surface area contributed by atoms with Gasteiger partial charge in [-0.05, 0) is 62.4 Å². The Hall–Kier alpha value is -3.95. The number of rotatable bonds is 16. The van der Waals surface area contributed by atoms with E-state index in [-0.39, 0.29) is 32.2 Å². The Morgan fingerprint density at radius 3 is 1.36 bits per heavy atom. The molecule has 9 heteroatoms. The van der Waals surface area contributed by atoms with Gasteiger partial charge in [0.1, 0.15) is 24.7 Å². The first kappa shape index (κ1) is 28.3. The molecule has 0 heterocycles. The molecular weight excluding hydrogens is 468 g/mol. The number of esters is 2. The van der Waals surface area contributed by atoms with Crippen molar-refractivity contribution in [3.8, 4) is 11.5 Å². The smallest absolute Gasteiger partial charge is 0.330 e. The van der Waals surface area contributed by atoms with Crippen LogP contribution < -0.4 is 9.47 Å². The van der Waals surface area contributed by atoms with E-state index in [1.807, 2.05) is 0 Å². The van der Waals surface area contributed by atoms with Gasteiger partial charge in [-0.1, -0.05) is 13.2 Å². The van der Waals surface area contributed by atoms with Gasteiger partial charge in [-0.15, -0.1) is 0 Å². The highest BCUT2D eigenvalue weighted by Gasteiger charge is 2.12. The molecule has 2 aromatic rings.